The number of alkyl carbamates (subject to hydrolysis) is 1. The molecule has 0 radical (unpaired) electrons. The maximum Gasteiger partial charge on any atom is 0.407 e. The lowest BCUT2D eigenvalue weighted by atomic mass is 10.0. The molecule has 0 bridgehead atoms. The van der Waals surface area contributed by atoms with Gasteiger partial charge < -0.3 is 14.8 Å². The number of ether oxygens (including phenoxy) is 2. The number of hydrogen-bond acceptors (Lipinski definition) is 6. The Morgan fingerprint density at radius 1 is 0.952 bits per heavy atom. The minimum atomic E-state index is -0.429. The molecule has 1 N–H and O–H groups in total. The first kappa shape index (κ1) is 35.3. The van der Waals surface area contributed by atoms with Crippen LogP contribution in [0.15, 0.2) is 40.1 Å². The fraction of sp³-hybridized carbons (Fsp3) is 0.697. The SMILES string of the molecule is CCC(OC)c1cc(=O)n(-c2ccccn2)c(=O)n1C.CCCCCCCCCCCCCCCC1CCNC(=O)O1. The third kappa shape index (κ3) is 12.5. The highest BCUT2D eigenvalue weighted by Gasteiger charge is 2.19. The summed E-state index contributed by atoms with van der Waals surface area (Å²) in [5.41, 5.74) is -0.267. The van der Waals surface area contributed by atoms with Gasteiger partial charge in [0.15, 0.2) is 0 Å². The number of unbranched alkanes of at least 4 members (excludes halogenated alkanes) is 12. The van der Waals surface area contributed by atoms with E-state index in [1.165, 1.54) is 94.1 Å². The van der Waals surface area contributed by atoms with E-state index in [0.717, 1.165) is 24.0 Å². The molecule has 2 aromatic rings. The van der Waals surface area contributed by atoms with Crippen molar-refractivity contribution in [2.75, 3.05) is 13.7 Å². The molecule has 42 heavy (non-hydrogen) atoms. The molecular weight excluding hydrogens is 532 g/mol. The van der Waals surface area contributed by atoms with E-state index >= 15 is 0 Å². The molecule has 1 aliphatic heterocycles. The number of hydrogen-bond donors (Lipinski definition) is 1. The fourth-order valence-corrected chi connectivity index (χ4v) is 5.33. The monoisotopic (exact) mass is 586 g/mol. The van der Waals surface area contributed by atoms with Crippen LogP contribution < -0.4 is 16.6 Å². The van der Waals surface area contributed by atoms with Crippen molar-refractivity contribution >= 4 is 6.09 Å². The topological polar surface area (TPSA) is 104 Å². The van der Waals surface area contributed by atoms with Crippen LogP contribution in [-0.2, 0) is 16.5 Å². The van der Waals surface area contributed by atoms with Gasteiger partial charge in [0, 0.05) is 39.4 Å². The smallest absolute Gasteiger partial charge is 0.407 e. The van der Waals surface area contributed by atoms with E-state index < -0.39 is 11.2 Å². The van der Waals surface area contributed by atoms with Crippen molar-refractivity contribution < 1.29 is 14.3 Å². The second-order valence-corrected chi connectivity index (χ2v) is 11.2. The number of methoxy groups -OCH3 is 1. The zero-order valence-corrected chi connectivity index (χ0v) is 26.4. The van der Waals surface area contributed by atoms with Gasteiger partial charge in [-0.15, -0.1) is 0 Å². The van der Waals surface area contributed by atoms with Gasteiger partial charge in [0.05, 0.1) is 11.8 Å². The van der Waals surface area contributed by atoms with E-state index in [1.54, 1.807) is 38.6 Å². The molecule has 0 aromatic carbocycles. The van der Waals surface area contributed by atoms with Crippen molar-refractivity contribution in [2.45, 2.75) is 129 Å². The highest BCUT2D eigenvalue weighted by atomic mass is 16.6. The minimum Gasteiger partial charge on any atom is -0.446 e. The molecule has 9 heteroatoms. The molecule has 0 aliphatic carbocycles. The number of aromatic nitrogens is 3. The quantitative estimate of drug-likeness (QED) is 0.189. The van der Waals surface area contributed by atoms with Crippen LogP contribution in [0.3, 0.4) is 0 Å². The molecule has 0 saturated carbocycles. The predicted octanol–water partition coefficient (Wildman–Crippen LogP) is 6.99. The molecule has 3 heterocycles. The zero-order chi connectivity index (χ0) is 30.6. The van der Waals surface area contributed by atoms with Crippen molar-refractivity contribution in [3.05, 3.63) is 57.0 Å². The summed E-state index contributed by atoms with van der Waals surface area (Å²) in [4.78, 5) is 39.7. The summed E-state index contributed by atoms with van der Waals surface area (Å²) < 4.78 is 13.0. The first-order valence-corrected chi connectivity index (χ1v) is 16.1. The highest BCUT2D eigenvalue weighted by Crippen LogP contribution is 2.17. The van der Waals surface area contributed by atoms with Gasteiger partial charge in [-0.2, -0.15) is 0 Å². The van der Waals surface area contributed by atoms with Gasteiger partial charge in [-0.05, 0) is 31.4 Å². The van der Waals surface area contributed by atoms with Crippen LogP contribution in [0.25, 0.3) is 5.82 Å². The molecule has 1 saturated heterocycles. The fourth-order valence-electron chi connectivity index (χ4n) is 5.33. The van der Waals surface area contributed by atoms with Crippen molar-refractivity contribution in [1.29, 1.82) is 0 Å². The molecule has 2 atom stereocenters. The van der Waals surface area contributed by atoms with Crippen molar-refractivity contribution in [1.82, 2.24) is 19.4 Å². The summed E-state index contributed by atoms with van der Waals surface area (Å²) in [7, 11) is 3.18. The predicted molar refractivity (Wildman–Crippen MR) is 168 cm³/mol. The van der Waals surface area contributed by atoms with Crippen molar-refractivity contribution in [2.24, 2.45) is 7.05 Å². The van der Waals surface area contributed by atoms with Gasteiger partial charge in [0.2, 0.25) is 0 Å². The number of cyclic esters (lactones) is 1. The maximum atomic E-state index is 12.4. The molecule has 236 valence electrons. The van der Waals surface area contributed by atoms with Crippen LogP contribution in [0.4, 0.5) is 4.79 Å². The van der Waals surface area contributed by atoms with Crippen LogP contribution in [0.5, 0.6) is 0 Å². The van der Waals surface area contributed by atoms with Crippen LogP contribution in [0.2, 0.25) is 0 Å². The second kappa shape index (κ2) is 20.9. The van der Waals surface area contributed by atoms with Gasteiger partial charge in [0.25, 0.3) is 5.56 Å². The standard InChI is InChI=1S/C19H37NO2.C14H17N3O3/c1-2-3-4-5-6-7-8-9-10-11-12-13-14-15-18-16-17-20-19(21)22-18;1-4-11(20-3)10-9-13(18)17(14(19)16(10)2)12-7-5-6-8-15-12/h18H,2-17H2,1H3,(H,20,21);5-9,11H,4H2,1-3H3. The maximum absolute atomic E-state index is 12.4. The molecule has 3 rings (SSSR count). The Morgan fingerprint density at radius 2 is 1.57 bits per heavy atom. The average molecular weight is 587 g/mol. The van der Waals surface area contributed by atoms with E-state index in [1.807, 2.05) is 6.92 Å². The Kier molecular flexibility index (Phi) is 17.5. The van der Waals surface area contributed by atoms with E-state index in [-0.39, 0.29) is 18.3 Å². The molecule has 2 unspecified atom stereocenters. The number of amides is 1. The van der Waals surface area contributed by atoms with Crippen LogP contribution in [-0.4, -0.2) is 40.0 Å². The summed E-state index contributed by atoms with van der Waals surface area (Å²) in [5, 5.41) is 2.70. The number of rotatable bonds is 18. The van der Waals surface area contributed by atoms with Crippen LogP contribution in [0, 0.1) is 0 Å². The Balaban J connectivity index is 0.000000294. The Bertz CT molecular complexity index is 1130. The third-order valence-corrected chi connectivity index (χ3v) is 7.86. The van der Waals surface area contributed by atoms with E-state index in [4.69, 9.17) is 9.47 Å². The number of nitrogens with one attached hydrogen (secondary N) is 1. The minimum absolute atomic E-state index is 0.168. The molecule has 1 fully saturated rings. The molecular formula is C33H54N4O5. The van der Waals surface area contributed by atoms with Crippen molar-refractivity contribution in [3.63, 3.8) is 0 Å². The number of carbonyl (C=O) groups excluding carboxylic acids is 1. The molecule has 1 amide bonds. The van der Waals surface area contributed by atoms with Gasteiger partial charge in [-0.3, -0.25) is 9.36 Å². The van der Waals surface area contributed by atoms with Gasteiger partial charge >= 0.3 is 11.8 Å². The van der Waals surface area contributed by atoms with Gasteiger partial charge in [0.1, 0.15) is 11.9 Å². The summed E-state index contributed by atoms with van der Waals surface area (Å²) in [5.74, 6) is 0.315. The van der Waals surface area contributed by atoms with Crippen molar-refractivity contribution in [3.8, 4) is 5.82 Å². The Labute approximate surface area is 252 Å². The Hall–Kier alpha value is -2.94. The molecule has 9 nitrogen and oxygen atoms in total. The third-order valence-electron chi connectivity index (χ3n) is 7.86. The van der Waals surface area contributed by atoms with Gasteiger partial charge in [-0.25, -0.2) is 19.1 Å². The molecule has 0 spiro atoms. The molecule has 2 aromatic heterocycles. The van der Waals surface area contributed by atoms with Gasteiger partial charge in [-0.1, -0.05) is 97.0 Å². The number of carbonyl (C=O) groups is 1. The lowest BCUT2D eigenvalue weighted by molar-refractivity contribution is 0.0678. The Morgan fingerprint density at radius 3 is 2.10 bits per heavy atom. The van der Waals surface area contributed by atoms with Crippen LogP contribution >= 0.6 is 0 Å². The highest BCUT2D eigenvalue weighted by molar-refractivity contribution is 5.67. The first-order chi connectivity index (χ1) is 20.4. The average Bonchev–Trinajstić information content (AvgIpc) is 2.99. The second-order valence-electron chi connectivity index (χ2n) is 11.2. The van der Waals surface area contributed by atoms with E-state index in [9.17, 15) is 14.4 Å². The van der Waals surface area contributed by atoms with E-state index in [2.05, 4.69) is 17.2 Å². The lowest BCUT2D eigenvalue weighted by Gasteiger charge is -2.22. The molecule has 1 aliphatic rings. The summed E-state index contributed by atoms with van der Waals surface area (Å²) in [6.45, 7) is 4.99. The number of nitrogens with zero attached hydrogens (tertiary/aromatic N) is 3. The zero-order valence-electron chi connectivity index (χ0n) is 26.4. The summed E-state index contributed by atoms with van der Waals surface area (Å²) >= 11 is 0. The first-order valence-electron chi connectivity index (χ1n) is 16.1. The number of pyridine rings is 1. The lowest BCUT2D eigenvalue weighted by Crippen LogP contribution is -2.40. The van der Waals surface area contributed by atoms with Crippen LogP contribution in [0.1, 0.15) is 128 Å². The normalized spacial score (nSPS) is 15.3. The summed E-state index contributed by atoms with van der Waals surface area (Å²) in [6.07, 6.45) is 21.9. The van der Waals surface area contributed by atoms with E-state index in [0.29, 0.717) is 17.9 Å². The summed E-state index contributed by atoms with van der Waals surface area (Å²) in [6, 6.07) is 6.50. The largest absolute Gasteiger partial charge is 0.446 e.